The minimum absolute atomic E-state index is 0.0739. The second-order valence-electron chi connectivity index (χ2n) is 7.15. The summed E-state index contributed by atoms with van der Waals surface area (Å²) < 4.78 is 20.2. The SMILES string of the molecule is CC(C)(C)c1ccc(-c2ccnc(Cl)n2)c(Oc2ccc([N+](=O)[O-])cc2F)c1. The van der Waals surface area contributed by atoms with Gasteiger partial charge >= 0.3 is 0 Å². The van der Waals surface area contributed by atoms with Crippen molar-refractivity contribution >= 4 is 17.3 Å². The molecule has 0 unspecified atom stereocenters. The van der Waals surface area contributed by atoms with E-state index < -0.39 is 10.7 Å². The number of benzene rings is 2. The molecule has 3 aromatic rings. The molecule has 0 N–H and O–H groups in total. The van der Waals surface area contributed by atoms with Crippen molar-refractivity contribution in [2.24, 2.45) is 0 Å². The van der Waals surface area contributed by atoms with Gasteiger partial charge in [0.2, 0.25) is 5.28 Å². The van der Waals surface area contributed by atoms with Gasteiger partial charge in [0.05, 0.1) is 16.7 Å². The molecule has 0 amide bonds. The first-order valence-electron chi connectivity index (χ1n) is 8.40. The number of hydrogen-bond acceptors (Lipinski definition) is 5. The van der Waals surface area contributed by atoms with E-state index >= 15 is 0 Å². The molecule has 6 nitrogen and oxygen atoms in total. The summed E-state index contributed by atoms with van der Waals surface area (Å²) in [6.45, 7) is 6.12. The minimum Gasteiger partial charge on any atom is -0.454 e. The third kappa shape index (κ3) is 4.26. The highest BCUT2D eigenvalue weighted by Crippen LogP contribution is 2.37. The Labute approximate surface area is 166 Å². The third-order valence-electron chi connectivity index (χ3n) is 4.10. The van der Waals surface area contributed by atoms with Crippen LogP contribution in [0.25, 0.3) is 11.3 Å². The Morgan fingerprint density at radius 2 is 1.86 bits per heavy atom. The first kappa shape index (κ1) is 19.7. The van der Waals surface area contributed by atoms with Gasteiger partial charge in [-0.1, -0.05) is 26.8 Å². The summed E-state index contributed by atoms with van der Waals surface area (Å²) in [6, 6.07) is 10.5. The summed E-state index contributed by atoms with van der Waals surface area (Å²) in [4.78, 5) is 18.2. The largest absolute Gasteiger partial charge is 0.454 e. The van der Waals surface area contributed by atoms with Crippen molar-refractivity contribution < 1.29 is 14.1 Å². The fourth-order valence-corrected chi connectivity index (χ4v) is 2.72. The zero-order chi connectivity index (χ0) is 20.5. The average Bonchev–Trinajstić information content (AvgIpc) is 2.62. The fraction of sp³-hybridized carbons (Fsp3) is 0.200. The number of ether oxygens (including phenoxy) is 1. The molecule has 1 aromatic heterocycles. The van der Waals surface area contributed by atoms with Gasteiger partial charge in [0.25, 0.3) is 5.69 Å². The van der Waals surface area contributed by atoms with Crippen LogP contribution >= 0.6 is 11.6 Å². The van der Waals surface area contributed by atoms with Gasteiger partial charge in [-0.05, 0) is 46.8 Å². The van der Waals surface area contributed by atoms with Crippen LogP contribution in [-0.4, -0.2) is 14.9 Å². The Morgan fingerprint density at radius 1 is 1.11 bits per heavy atom. The van der Waals surface area contributed by atoms with Crippen LogP contribution in [0.5, 0.6) is 11.5 Å². The quantitative estimate of drug-likeness (QED) is 0.307. The Balaban J connectivity index is 2.10. The zero-order valence-corrected chi connectivity index (χ0v) is 16.2. The van der Waals surface area contributed by atoms with Crippen molar-refractivity contribution in [2.45, 2.75) is 26.2 Å². The van der Waals surface area contributed by atoms with E-state index in [-0.39, 0.29) is 22.1 Å². The van der Waals surface area contributed by atoms with Crippen molar-refractivity contribution in [1.82, 2.24) is 9.97 Å². The van der Waals surface area contributed by atoms with Gasteiger partial charge in [-0.15, -0.1) is 0 Å². The van der Waals surface area contributed by atoms with Gasteiger partial charge in [0.1, 0.15) is 5.75 Å². The fourth-order valence-electron chi connectivity index (χ4n) is 2.57. The molecule has 28 heavy (non-hydrogen) atoms. The number of rotatable bonds is 4. The molecule has 8 heteroatoms. The molecular formula is C20H17ClFN3O3. The van der Waals surface area contributed by atoms with Crippen molar-refractivity contribution in [3.8, 4) is 22.8 Å². The van der Waals surface area contributed by atoms with Gasteiger partial charge in [-0.3, -0.25) is 10.1 Å². The van der Waals surface area contributed by atoms with Crippen LogP contribution in [0.4, 0.5) is 10.1 Å². The van der Waals surface area contributed by atoms with Crippen molar-refractivity contribution in [3.05, 3.63) is 75.4 Å². The summed E-state index contributed by atoms with van der Waals surface area (Å²) in [7, 11) is 0. The molecular weight excluding hydrogens is 385 g/mol. The van der Waals surface area contributed by atoms with Gasteiger partial charge in [0.15, 0.2) is 11.6 Å². The summed E-state index contributed by atoms with van der Waals surface area (Å²) in [5, 5.41) is 10.9. The van der Waals surface area contributed by atoms with Crippen LogP contribution in [0.1, 0.15) is 26.3 Å². The number of halogens is 2. The third-order valence-corrected chi connectivity index (χ3v) is 4.28. The summed E-state index contributed by atoms with van der Waals surface area (Å²) in [5.41, 5.74) is 1.55. The number of nitrogens with zero attached hydrogens (tertiary/aromatic N) is 3. The van der Waals surface area contributed by atoms with Crippen LogP contribution in [0, 0.1) is 15.9 Å². The Bertz CT molecular complexity index is 1050. The number of nitro benzene ring substituents is 1. The molecule has 0 radical (unpaired) electrons. The standard InChI is InChI=1S/C20H17ClFN3O3/c1-20(2,3)12-4-6-14(16-8-9-23-19(21)24-16)18(10-12)28-17-7-5-13(25(26)27)11-15(17)22/h4-11H,1-3H3. The molecule has 0 spiro atoms. The second kappa shape index (κ2) is 7.52. The van der Waals surface area contributed by atoms with Crippen LogP contribution in [-0.2, 0) is 5.41 Å². The number of hydrogen-bond donors (Lipinski definition) is 0. The maximum Gasteiger partial charge on any atom is 0.272 e. The lowest BCUT2D eigenvalue weighted by Gasteiger charge is -2.21. The Kier molecular flexibility index (Phi) is 5.29. The zero-order valence-electron chi connectivity index (χ0n) is 15.4. The van der Waals surface area contributed by atoms with E-state index in [0.29, 0.717) is 17.0 Å². The molecule has 1 heterocycles. The predicted octanol–water partition coefficient (Wildman–Crippen LogP) is 5.93. The van der Waals surface area contributed by atoms with E-state index in [0.717, 1.165) is 11.6 Å². The van der Waals surface area contributed by atoms with Gasteiger partial charge in [-0.25, -0.2) is 14.4 Å². The number of non-ortho nitro benzene ring substituents is 1. The minimum atomic E-state index is -0.831. The molecule has 0 aliphatic rings. The molecule has 0 bridgehead atoms. The molecule has 0 atom stereocenters. The van der Waals surface area contributed by atoms with Crippen molar-refractivity contribution in [2.75, 3.05) is 0 Å². The van der Waals surface area contributed by atoms with E-state index in [1.807, 2.05) is 32.9 Å². The van der Waals surface area contributed by atoms with Crippen LogP contribution in [0.2, 0.25) is 5.28 Å². The van der Waals surface area contributed by atoms with Crippen LogP contribution in [0.15, 0.2) is 48.7 Å². The topological polar surface area (TPSA) is 78.2 Å². The van der Waals surface area contributed by atoms with Crippen molar-refractivity contribution in [1.29, 1.82) is 0 Å². The summed E-state index contributed by atoms with van der Waals surface area (Å²) in [6.07, 6.45) is 1.51. The molecule has 3 rings (SSSR count). The highest BCUT2D eigenvalue weighted by Gasteiger charge is 2.20. The average molecular weight is 402 g/mol. The first-order valence-corrected chi connectivity index (χ1v) is 8.78. The monoisotopic (exact) mass is 401 g/mol. The molecule has 2 aromatic carbocycles. The van der Waals surface area contributed by atoms with E-state index in [4.69, 9.17) is 16.3 Å². The lowest BCUT2D eigenvalue weighted by Crippen LogP contribution is -2.11. The highest BCUT2D eigenvalue weighted by molar-refractivity contribution is 6.28. The van der Waals surface area contributed by atoms with Gasteiger partial charge in [0, 0.05) is 17.8 Å². The maximum absolute atomic E-state index is 14.4. The number of aromatic nitrogens is 2. The predicted molar refractivity (Wildman–Crippen MR) is 104 cm³/mol. The Morgan fingerprint density at radius 3 is 2.46 bits per heavy atom. The first-order chi connectivity index (χ1) is 13.1. The normalized spacial score (nSPS) is 11.3. The van der Waals surface area contributed by atoms with E-state index in [2.05, 4.69) is 9.97 Å². The summed E-state index contributed by atoms with van der Waals surface area (Å²) >= 11 is 5.90. The number of nitro groups is 1. The molecule has 144 valence electrons. The lowest BCUT2D eigenvalue weighted by molar-refractivity contribution is -0.385. The molecule has 0 aliphatic carbocycles. The van der Waals surface area contributed by atoms with E-state index in [9.17, 15) is 14.5 Å². The van der Waals surface area contributed by atoms with Gasteiger partial charge < -0.3 is 4.74 Å². The van der Waals surface area contributed by atoms with Crippen LogP contribution in [0.3, 0.4) is 0 Å². The molecule has 0 saturated carbocycles. The van der Waals surface area contributed by atoms with Crippen molar-refractivity contribution in [3.63, 3.8) is 0 Å². The maximum atomic E-state index is 14.4. The smallest absolute Gasteiger partial charge is 0.272 e. The lowest BCUT2D eigenvalue weighted by atomic mass is 9.86. The molecule has 0 saturated heterocycles. The van der Waals surface area contributed by atoms with E-state index in [1.54, 1.807) is 12.1 Å². The molecule has 0 aliphatic heterocycles. The van der Waals surface area contributed by atoms with Crippen LogP contribution < -0.4 is 4.74 Å². The van der Waals surface area contributed by atoms with E-state index in [1.165, 1.54) is 18.3 Å². The highest BCUT2D eigenvalue weighted by atomic mass is 35.5. The van der Waals surface area contributed by atoms with Gasteiger partial charge in [-0.2, -0.15) is 0 Å². The molecule has 0 fully saturated rings. The second-order valence-corrected chi connectivity index (χ2v) is 7.48. The summed E-state index contributed by atoms with van der Waals surface area (Å²) in [5.74, 6) is -0.602. The Hall–Kier alpha value is -3.06.